The highest BCUT2D eigenvalue weighted by atomic mass is 35.5. The van der Waals surface area contributed by atoms with Crippen LogP contribution in [-0.2, 0) is 14.8 Å². The minimum Gasteiger partial charge on any atom is -0.497 e. The van der Waals surface area contributed by atoms with E-state index in [-0.39, 0.29) is 23.7 Å². The summed E-state index contributed by atoms with van der Waals surface area (Å²) in [7, 11) is -0.914. The minimum atomic E-state index is -3.89. The largest absolute Gasteiger partial charge is 0.497 e. The first-order valence-electron chi connectivity index (χ1n) is 9.60. The van der Waals surface area contributed by atoms with E-state index in [2.05, 4.69) is 0 Å². The highest BCUT2D eigenvalue weighted by molar-refractivity contribution is 7.92. The molecule has 0 spiro atoms. The maximum atomic E-state index is 13.0. The molecule has 0 atom stereocenters. The van der Waals surface area contributed by atoms with Crippen LogP contribution in [-0.4, -0.2) is 41.8 Å². The monoisotopic (exact) mass is 475 g/mol. The highest BCUT2D eigenvalue weighted by Gasteiger charge is 2.23. The molecule has 0 N–H and O–H groups in total. The molecular formula is C23H22ClNO6S. The fourth-order valence-electron chi connectivity index (χ4n) is 2.81. The van der Waals surface area contributed by atoms with Crippen LogP contribution in [0.3, 0.4) is 0 Å². The Morgan fingerprint density at radius 1 is 0.938 bits per heavy atom. The Morgan fingerprint density at radius 2 is 1.66 bits per heavy atom. The van der Waals surface area contributed by atoms with Gasteiger partial charge in [-0.05, 0) is 60.7 Å². The molecule has 0 aliphatic heterocycles. The van der Waals surface area contributed by atoms with E-state index in [4.69, 9.17) is 25.8 Å². The summed E-state index contributed by atoms with van der Waals surface area (Å²) in [6.45, 7) is 0.123. The standard InChI is InChI=1S/C23H22ClNO6S/c1-25(19-9-11-20(29-2)12-10-19)32(27,28)22-8-3-5-17(15-22)23(26)31-14-13-30-21-7-4-6-18(24)16-21/h3-12,15-16H,13-14H2,1-2H3. The van der Waals surface area contributed by atoms with Crippen LogP contribution < -0.4 is 13.8 Å². The van der Waals surface area contributed by atoms with Crippen LogP contribution in [0.5, 0.6) is 11.5 Å². The first kappa shape index (κ1) is 23.4. The third kappa shape index (κ3) is 5.72. The van der Waals surface area contributed by atoms with Gasteiger partial charge in [0, 0.05) is 12.1 Å². The van der Waals surface area contributed by atoms with Crippen molar-refractivity contribution in [2.24, 2.45) is 0 Å². The Bertz CT molecular complexity index is 1180. The summed E-state index contributed by atoms with van der Waals surface area (Å²) in [5.74, 6) is 0.524. The van der Waals surface area contributed by atoms with Crippen LogP contribution in [0.15, 0.2) is 77.7 Å². The minimum absolute atomic E-state index is 0.00588. The normalized spacial score (nSPS) is 11.0. The van der Waals surface area contributed by atoms with E-state index < -0.39 is 16.0 Å². The number of sulfonamides is 1. The summed E-state index contributed by atoms with van der Waals surface area (Å²) in [6.07, 6.45) is 0. The Kier molecular flexibility index (Phi) is 7.61. The number of rotatable bonds is 9. The molecule has 0 aliphatic carbocycles. The SMILES string of the molecule is COc1ccc(N(C)S(=O)(=O)c2cccc(C(=O)OCCOc3cccc(Cl)c3)c2)cc1. The maximum absolute atomic E-state index is 13.0. The molecule has 0 fully saturated rings. The zero-order valence-corrected chi connectivity index (χ0v) is 19.1. The average molecular weight is 476 g/mol. The molecule has 9 heteroatoms. The van der Waals surface area contributed by atoms with Crippen molar-refractivity contribution in [3.63, 3.8) is 0 Å². The average Bonchev–Trinajstić information content (AvgIpc) is 2.81. The van der Waals surface area contributed by atoms with Gasteiger partial charge in [-0.3, -0.25) is 4.31 Å². The third-order valence-corrected chi connectivity index (χ3v) is 6.56. The summed E-state index contributed by atoms with van der Waals surface area (Å²) in [5.41, 5.74) is 0.578. The maximum Gasteiger partial charge on any atom is 0.338 e. The first-order valence-corrected chi connectivity index (χ1v) is 11.4. The van der Waals surface area contributed by atoms with E-state index in [1.54, 1.807) is 48.5 Å². The van der Waals surface area contributed by atoms with Gasteiger partial charge in [0.2, 0.25) is 0 Å². The Balaban J connectivity index is 1.64. The second-order valence-corrected chi connectivity index (χ2v) is 9.05. The van der Waals surface area contributed by atoms with E-state index in [0.29, 0.717) is 22.2 Å². The molecule has 0 heterocycles. The predicted octanol–water partition coefficient (Wildman–Crippen LogP) is 4.41. The summed E-state index contributed by atoms with van der Waals surface area (Å²) < 4.78 is 42.9. The lowest BCUT2D eigenvalue weighted by atomic mass is 10.2. The molecule has 3 aromatic carbocycles. The van der Waals surface area contributed by atoms with E-state index in [1.165, 1.54) is 38.4 Å². The van der Waals surface area contributed by atoms with Gasteiger partial charge in [0.15, 0.2) is 0 Å². The molecule has 0 unspecified atom stereocenters. The summed E-state index contributed by atoms with van der Waals surface area (Å²) in [4.78, 5) is 12.4. The second-order valence-electron chi connectivity index (χ2n) is 6.64. The van der Waals surface area contributed by atoms with Crippen LogP contribution in [0.1, 0.15) is 10.4 Å². The van der Waals surface area contributed by atoms with Gasteiger partial charge in [-0.15, -0.1) is 0 Å². The van der Waals surface area contributed by atoms with E-state index in [0.717, 1.165) is 4.31 Å². The fraction of sp³-hybridized carbons (Fsp3) is 0.174. The number of halogens is 1. The molecule has 0 saturated carbocycles. The van der Waals surface area contributed by atoms with E-state index in [1.807, 2.05) is 0 Å². The van der Waals surface area contributed by atoms with E-state index >= 15 is 0 Å². The molecule has 0 saturated heterocycles. The van der Waals surface area contributed by atoms with Gasteiger partial charge in [0.05, 0.1) is 23.3 Å². The van der Waals surface area contributed by atoms with Gasteiger partial charge in [-0.25, -0.2) is 13.2 Å². The molecule has 0 aliphatic rings. The molecule has 0 amide bonds. The van der Waals surface area contributed by atoms with Gasteiger partial charge >= 0.3 is 5.97 Å². The zero-order chi connectivity index (χ0) is 23.1. The van der Waals surface area contributed by atoms with Crippen molar-refractivity contribution in [1.82, 2.24) is 0 Å². The molecule has 7 nitrogen and oxygen atoms in total. The number of hydrogen-bond donors (Lipinski definition) is 0. The topological polar surface area (TPSA) is 82.1 Å². The van der Waals surface area contributed by atoms with Crippen LogP contribution in [0.25, 0.3) is 0 Å². The van der Waals surface area contributed by atoms with Crippen molar-refractivity contribution in [3.8, 4) is 11.5 Å². The molecule has 168 valence electrons. The van der Waals surface area contributed by atoms with Crippen LogP contribution >= 0.6 is 11.6 Å². The van der Waals surface area contributed by atoms with Crippen molar-refractivity contribution < 1.29 is 27.4 Å². The van der Waals surface area contributed by atoms with Crippen LogP contribution in [0.4, 0.5) is 5.69 Å². The molecular weight excluding hydrogens is 454 g/mol. The quantitative estimate of drug-likeness (QED) is 0.337. The number of anilines is 1. The lowest BCUT2D eigenvalue weighted by Crippen LogP contribution is -2.26. The van der Waals surface area contributed by atoms with Crippen LogP contribution in [0, 0.1) is 0 Å². The van der Waals surface area contributed by atoms with Gasteiger partial charge in [-0.1, -0.05) is 23.7 Å². The third-order valence-electron chi connectivity index (χ3n) is 4.55. The number of hydrogen-bond acceptors (Lipinski definition) is 6. The summed E-state index contributed by atoms with van der Waals surface area (Å²) in [5, 5.41) is 0.539. The van der Waals surface area contributed by atoms with Crippen molar-refractivity contribution >= 4 is 33.3 Å². The number of benzene rings is 3. The zero-order valence-electron chi connectivity index (χ0n) is 17.5. The molecule has 0 bridgehead atoms. The summed E-state index contributed by atoms with van der Waals surface area (Å²) in [6, 6.07) is 19.2. The Morgan fingerprint density at radius 3 is 2.34 bits per heavy atom. The number of esters is 1. The fourth-order valence-corrected chi connectivity index (χ4v) is 4.23. The second kappa shape index (κ2) is 10.4. The summed E-state index contributed by atoms with van der Waals surface area (Å²) >= 11 is 5.89. The number of carbonyl (C=O) groups excluding carboxylic acids is 1. The van der Waals surface area contributed by atoms with Gasteiger partial charge in [-0.2, -0.15) is 0 Å². The lowest BCUT2D eigenvalue weighted by molar-refractivity contribution is 0.0450. The van der Waals surface area contributed by atoms with Gasteiger partial charge in [0.1, 0.15) is 24.7 Å². The van der Waals surface area contributed by atoms with Crippen molar-refractivity contribution in [1.29, 1.82) is 0 Å². The number of ether oxygens (including phenoxy) is 3. The predicted molar refractivity (Wildman–Crippen MR) is 122 cm³/mol. The molecule has 32 heavy (non-hydrogen) atoms. The van der Waals surface area contributed by atoms with Crippen molar-refractivity contribution in [2.45, 2.75) is 4.90 Å². The number of carbonyl (C=O) groups is 1. The van der Waals surface area contributed by atoms with Crippen molar-refractivity contribution in [3.05, 3.63) is 83.4 Å². The number of nitrogens with zero attached hydrogens (tertiary/aromatic N) is 1. The van der Waals surface area contributed by atoms with Gasteiger partial charge in [0.25, 0.3) is 10.0 Å². The molecule has 0 aromatic heterocycles. The first-order chi connectivity index (χ1) is 15.3. The number of methoxy groups -OCH3 is 1. The Hall–Kier alpha value is -3.23. The molecule has 3 aromatic rings. The molecule has 3 rings (SSSR count). The van der Waals surface area contributed by atoms with Crippen LogP contribution in [0.2, 0.25) is 5.02 Å². The smallest absolute Gasteiger partial charge is 0.338 e. The van der Waals surface area contributed by atoms with Crippen molar-refractivity contribution in [2.75, 3.05) is 31.7 Å². The van der Waals surface area contributed by atoms with E-state index in [9.17, 15) is 13.2 Å². The Labute approximate surface area is 192 Å². The highest BCUT2D eigenvalue weighted by Crippen LogP contribution is 2.25. The van der Waals surface area contributed by atoms with Gasteiger partial charge < -0.3 is 14.2 Å². The molecule has 0 radical (unpaired) electrons. The lowest BCUT2D eigenvalue weighted by Gasteiger charge is -2.20.